The molecule has 3 heteroatoms. The fourth-order valence-electron chi connectivity index (χ4n) is 2.43. The van der Waals surface area contributed by atoms with Crippen molar-refractivity contribution in [2.45, 2.75) is 83.8 Å². The fraction of sp³-hybridized carbons (Fsp3) is 0.938. The molecule has 0 radical (unpaired) electrons. The lowest BCUT2D eigenvalue weighted by atomic mass is 10.0. The predicted molar refractivity (Wildman–Crippen MR) is 77.2 cm³/mol. The van der Waals surface area contributed by atoms with E-state index in [9.17, 15) is 4.79 Å². The maximum atomic E-state index is 11.6. The third-order valence-electron chi connectivity index (χ3n) is 3.65. The Kier molecular flexibility index (Phi) is 10.0. The van der Waals surface area contributed by atoms with E-state index < -0.39 is 0 Å². The van der Waals surface area contributed by atoms with Gasteiger partial charge in [0, 0.05) is 12.8 Å². The number of carbonyl (C=O) groups is 1. The van der Waals surface area contributed by atoms with Crippen molar-refractivity contribution in [3.05, 3.63) is 0 Å². The van der Waals surface area contributed by atoms with Gasteiger partial charge in [0.15, 0.2) is 6.29 Å². The molecule has 0 aliphatic carbocycles. The molecular formula is C16H30O3. The van der Waals surface area contributed by atoms with Crippen LogP contribution in [0.2, 0.25) is 0 Å². The average molecular weight is 270 g/mol. The second-order valence-corrected chi connectivity index (χ2v) is 5.47. The molecule has 19 heavy (non-hydrogen) atoms. The molecule has 0 aromatic carbocycles. The molecule has 0 aromatic heterocycles. The first-order valence-corrected chi connectivity index (χ1v) is 8.08. The Morgan fingerprint density at radius 1 is 0.895 bits per heavy atom. The van der Waals surface area contributed by atoms with Crippen molar-refractivity contribution in [3.8, 4) is 0 Å². The highest BCUT2D eigenvalue weighted by Crippen LogP contribution is 2.14. The highest BCUT2D eigenvalue weighted by atomic mass is 16.7. The Morgan fingerprint density at radius 3 is 2.11 bits per heavy atom. The number of rotatable bonds is 12. The van der Waals surface area contributed by atoms with Crippen LogP contribution in [0.3, 0.4) is 0 Å². The molecule has 1 heterocycles. The summed E-state index contributed by atoms with van der Waals surface area (Å²) in [6, 6.07) is 0. The van der Waals surface area contributed by atoms with Crippen molar-refractivity contribution in [2.24, 2.45) is 0 Å². The van der Waals surface area contributed by atoms with E-state index in [1.54, 1.807) is 0 Å². The van der Waals surface area contributed by atoms with Crippen molar-refractivity contribution < 1.29 is 14.3 Å². The van der Waals surface area contributed by atoms with Gasteiger partial charge in [-0.25, -0.2) is 0 Å². The van der Waals surface area contributed by atoms with Gasteiger partial charge in [-0.1, -0.05) is 39.0 Å². The van der Waals surface area contributed by atoms with Gasteiger partial charge in [-0.3, -0.25) is 4.79 Å². The second-order valence-electron chi connectivity index (χ2n) is 5.47. The minimum Gasteiger partial charge on any atom is -0.350 e. The molecular weight excluding hydrogens is 240 g/mol. The first-order valence-electron chi connectivity index (χ1n) is 8.08. The topological polar surface area (TPSA) is 35.5 Å². The zero-order valence-corrected chi connectivity index (χ0v) is 12.5. The maximum Gasteiger partial charge on any atom is 0.157 e. The lowest BCUT2D eigenvalue weighted by Gasteiger charge is -2.07. The summed E-state index contributed by atoms with van der Waals surface area (Å²) in [5.74, 6) is 0.449. The van der Waals surface area contributed by atoms with Crippen molar-refractivity contribution >= 4 is 5.78 Å². The number of ketones is 1. The van der Waals surface area contributed by atoms with Crippen LogP contribution in [0.25, 0.3) is 0 Å². The van der Waals surface area contributed by atoms with E-state index in [1.807, 2.05) is 0 Å². The summed E-state index contributed by atoms with van der Waals surface area (Å²) in [7, 11) is 0. The van der Waals surface area contributed by atoms with Gasteiger partial charge in [0.05, 0.1) is 13.2 Å². The van der Waals surface area contributed by atoms with Gasteiger partial charge in [0.25, 0.3) is 0 Å². The van der Waals surface area contributed by atoms with E-state index in [-0.39, 0.29) is 6.29 Å². The largest absolute Gasteiger partial charge is 0.350 e. The van der Waals surface area contributed by atoms with E-state index in [2.05, 4.69) is 6.92 Å². The van der Waals surface area contributed by atoms with Crippen LogP contribution in [-0.4, -0.2) is 25.3 Å². The van der Waals surface area contributed by atoms with Gasteiger partial charge in [0.2, 0.25) is 0 Å². The van der Waals surface area contributed by atoms with E-state index in [0.717, 1.165) is 58.2 Å². The molecule has 0 unspecified atom stereocenters. The van der Waals surface area contributed by atoms with Crippen molar-refractivity contribution in [1.82, 2.24) is 0 Å². The van der Waals surface area contributed by atoms with Crippen LogP contribution in [-0.2, 0) is 14.3 Å². The summed E-state index contributed by atoms with van der Waals surface area (Å²) < 4.78 is 10.8. The Morgan fingerprint density at radius 2 is 1.47 bits per heavy atom. The average Bonchev–Trinajstić information content (AvgIpc) is 2.91. The van der Waals surface area contributed by atoms with Crippen molar-refractivity contribution in [3.63, 3.8) is 0 Å². The molecule has 1 fully saturated rings. The highest BCUT2D eigenvalue weighted by molar-refractivity contribution is 5.78. The summed E-state index contributed by atoms with van der Waals surface area (Å²) in [5.41, 5.74) is 0. The summed E-state index contributed by atoms with van der Waals surface area (Å²) in [6.45, 7) is 3.69. The van der Waals surface area contributed by atoms with Crippen molar-refractivity contribution in [2.75, 3.05) is 13.2 Å². The SMILES string of the molecule is CCCCCCCC(=O)CCCCCC1OCCO1. The minimum atomic E-state index is 0.0225. The number of hydrogen-bond donors (Lipinski definition) is 0. The van der Waals surface area contributed by atoms with E-state index in [4.69, 9.17) is 9.47 Å². The number of Topliss-reactive ketones (excluding diaryl/α,β-unsaturated/α-hetero) is 1. The van der Waals surface area contributed by atoms with Crippen LogP contribution in [0.1, 0.15) is 77.6 Å². The van der Waals surface area contributed by atoms with Crippen LogP contribution in [0.15, 0.2) is 0 Å². The molecule has 0 N–H and O–H groups in total. The molecule has 0 aromatic rings. The summed E-state index contributed by atoms with van der Waals surface area (Å²) in [4.78, 5) is 11.6. The molecule has 0 atom stereocenters. The summed E-state index contributed by atoms with van der Waals surface area (Å²) in [6.07, 6.45) is 12.0. The monoisotopic (exact) mass is 270 g/mol. The first-order chi connectivity index (χ1) is 9.33. The molecule has 112 valence electrons. The van der Waals surface area contributed by atoms with Crippen LogP contribution in [0.4, 0.5) is 0 Å². The van der Waals surface area contributed by atoms with Gasteiger partial charge in [-0.05, 0) is 25.7 Å². The second kappa shape index (κ2) is 11.4. The molecule has 1 saturated heterocycles. The fourth-order valence-corrected chi connectivity index (χ4v) is 2.43. The lowest BCUT2D eigenvalue weighted by molar-refractivity contribution is -0.119. The zero-order valence-electron chi connectivity index (χ0n) is 12.5. The molecule has 1 aliphatic heterocycles. The van der Waals surface area contributed by atoms with Gasteiger partial charge in [-0.2, -0.15) is 0 Å². The van der Waals surface area contributed by atoms with E-state index >= 15 is 0 Å². The van der Waals surface area contributed by atoms with Gasteiger partial charge < -0.3 is 9.47 Å². The third kappa shape index (κ3) is 9.17. The Hall–Kier alpha value is -0.410. The van der Waals surface area contributed by atoms with Gasteiger partial charge in [0.1, 0.15) is 5.78 Å². The third-order valence-corrected chi connectivity index (χ3v) is 3.65. The number of carbonyl (C=O) groups excluding carboxylic acids is 1. The molecule has 0 saturated carbocycles. The number of unbranched alkanes of at least 4 members (excludes halogenated alkanes) is 6. The highest BCUT2D eigenvalue weighted by Gasteiger charge is 2.14. The van der Waals surface area contributed by atoms with Crippen LogP contribution in [0, 0.1) is 0 Å². The standard InChI is InChI=1S/C16H30O3/c1-2-3-4-5-7-10-15(17)11-8-6-9-12-16-18-13-14-19-16/h16H,2-14H2,1H3. The normalized spacial score (nSPS) is 16.1. The van der Waals surface area contributed by atoms with E-state index in [0.29, 0.717) is 5.78 Å². The molecule has 1 rings (SSSR count). The quantitative estimate of drug-likeness (QED) is 0.498. The summed E-state index contributed by atoms with van der Waals surface area (Å²) >= 11 is 0. The molecule has 0 amide bonds. The predicted octanol–water partition coefficient (Wildman–Crippen LogP) is 4.24. The number of ether oxygens (including phenoxy) is 2. The van der Waals surface area contributed by atoms with Gasteiger partial charge in [-0.15, -0.1) is 0 Å². The molecule has 3 nitrogen and oxygen atoms in total. The van der Waals surface area contributed by atoms with E-state index in [1.165, 1.54) is 25.7 Å². The Balaban J connectivity index is 1.81. The maximum absolute atomic E-state index is 11.6. The molecule has 0 bridgehead atoms. The molecule has 0 spiro atoms. The number of hydrogen-bond acceptors (Lipinski definition) is 3. The smallest absolute Gasteiger partial charge is 0.157 e. The van der Waals surface area contributed by atoms with Crippen molar-refractivity contribution in [1.29, 1.82) is 0 Å². The summed E-state index contributed by atoms with van der Waals surface area (Å²) in [5, 5.41) is 0. The minimum absolute atomic E-state index is 0.0225. The zero-order chi connectivity index (χ0) is 13.8. The van der Waals surface area contributed by atoms with Crippen LogP contribution >= 0.6 is 0 Å². The lowest BCUT2D eigenvalue weighted by Crippen LogP contribution is -2.06. The Labute approximate surface area is 118 Å². The van der Waals surface area contributed by atoms with Gasteiger partial charge >= 0.3 is 0 Å². The first kappa shape index (κ1) is 16.6. The molecule has 1 aliphatic rings. The van der Waals surface area contributed by atoms with Crippen LogP contribution < -0.4 is 0 Å². The van der Waals surface area contributed by atoms with Crippen LogP contribution in [0.5, 0.6) is 0 Å². The Bertz CT molecular complexity index is 222.